The number of hydrogen-bond donors (Lipinski definition) is 1. The molecule has 0 aliphatic heterocycles. The van der Waals surface area contributed by atoms with E-state index in [1.165, 1.54) is 0 Å². The third-order valence-corrected chi connectivity index (χ3v) is 2.97. The van der Waals surface area contributed by atoms with E-state index in [0.717, 1.165) is 17.7 Å². The smallest absolute Gasteiger partial charge is 0.329 e. The Balaban J connectivity index is 2.93. The van der Waals surface area contributed by atoms with Crippen LogP contribution in [0.4, 0.5) is 5.69 Å². The Kier molecular flexibility index (Phi) is 5.55. The molecule has 5 nitrogen and oxygen atoms in total. The van der Waals surface area contributed by atoms with Crippen LogP contribution < -0.4 is 10.1 Å². The summed E-state index contributed by atoms with van der Waals surface area (Å²) in [5.74, 6) is 0.276. The summed E-state index contributed by atoms with van der Waals surface area (Å²) in [5, 5.41) is 3.04. The summed E-state index contributed by atoms with van der Waals surface area (Å²) in [4.78, 5) is 23.2. The highest BCUT2D eigenvalue weighted by atomic mass is 16.5. The van der Waals surface area contributed by atoms with Gasteiger partial charge in [-0.3, -0.25) is 0 Å². The lowest BCUT2D eigenvalue weighted by Gasteiger charge is -2.29. The number of benzene rings is 1. The van der Waals surface area contributed by atoms with Gasteiger partial charge in [0.15, 0.2) is 0 Å². The van der Waals surface area contributed by atoms with Crippen molar-refractivity contribution in [2.45, 2.75) is 26.8 Å². The molecule has 0 bridgehead atoms. The average molecular weight is 279 g/mol. The molecule has 1 aromatic carbocycles. The fourth-order valence-electron chi connectivity index (χ4n) is 1.70. The maximum Gasteiger partial charge on any atom is 0.329 e. The summed E-state index contributed by atoms with van der Waals surface area (Å²) < 4.78 is 10.1. The molecule has 0 radical (unpaired) electrons. The Morgan fingerprint density at radius 2 is 1.95 bits per heavy atom. The summed E-state index contributed by atoms with van der Waals surface area (Å²) in [5.41, 5.74) is -0.148. The first-order chi connectivity index (χ1) is 9.44. The van der Waals surface area contributed by atoms with Gasteiger partial charge in [-0.2, -0.15) is 0 Å². The SMILES string of the molecule is CCOC(=O)[C@@H](Nc1ccc(OC)cc1)C(C)(C)C=O. The molecule has 1 atom stereocenters. The van der Waals surface area contributed by atoms with Gasteiger partial charge in [0.05, 0.1) is 19.1 Å². The van der Waals surface area contributed by atoms with Crippen molar-refractivity contribution in [1.82, 2.24) is 0 Å². The van der Waals surface area contributed by atoms with Gasteiger partial charge in [0, 0.05) is 5.69 Å². The second kappa shape index (κ2) is 6.93. The molecule has 1 aromatic rings. The van der Waals surface area contributed by atoms with Crippen LogP contribution in [0.2, 0.25) is 0 Å². The van der Waals surface area contributed by atoms with Crippen LogP contribution in [0.3, 0.4) is 0 Å². The number of rotatable bonds is 7. The van der Waals surface area contributed by atoms with Crippen molar-refractivity contribution in [2.24, 2.45) is 5.41 Å². The molecule has 0 aliphatic carbocycles. The van der Waals surface area contributed by atoms with Gasteiger partial charge >= 0.3 is 5.97 Å². The van der Waals surface area contributed by atoms with E-state index in [4.69, 9.17) is 9.47 Å². The van der Waals surface area contributed by atoms with E-state index in [-0.39, 0.29) is 6.61 Å². The van der Waals surface area contributed by atoms with E-state index < -0.39 is 17.4 Å². The first-order valence-corrected chi connectivity index (χ1v) is 6.48. The molecule has 0 saturated carbocycles. The molecule has 0 amide bonds. The van der Waals surface area contributed by atoms with Crippen molar-refractivity contribution in [3.8, 4) is 5.75 Å². The lowest BCUT2D eigenvalue weighted by Crippen LogP contribution is -2.44. The Hall–Kier alpha value is -2.04. The van der Waals surface area contributed by atoms with Gasteiger partial charge in [0.1, 0.15) is 18.1 Å². The molecule has 0 saturated heterocycles. The van der Waals surface area contributed by atoms with E-state index in [1.807, 2.05) is 0 Å². The van der Waals surface area contributed by atoms with Crippen LogP contribution in [0, 0.1) is 5.41 Å². The lowest BCUT2D eigenvalue weighted by atomic mass is 9.86. The molecule has 20 heavy (non-hydrogen) atoms. The minimum Gasteiger partial charge on any atom is -0.497 e. The van der Waals surface area contributed by atoms with Crippen molar-refractivity contribution in [1.29, 1.82) is 0 Å². The van der Waals surface area contributed by atoms with Crippen LogP contribution in [0.25, 0.3) is 0 Å². The van der Waals surface area contributed by atoms with E-state index in [1.54, 1.807) is 52.1 Å². The van der Waals surface area contributed by atoms with Crippen molar-refractivity contribution in [3.63, 3.8) is 0 Å². The normalized spacial score (nSPS) is 12.4. The predicted octanol–water partition coefficient (Wildman–Crippen LogP) is 2.26. The highest BCUT2D eigenvalue weighted by Crippen LogP contribution is 2.24. The van der Waals surface area contributed by atoms with E-state index in [0.29, 0.717) is 0 Å². The van der Waals surface area contributed by atoms with E-state index in [9.17, 15) is 9.59 Å². The Bertz CT molecular complexity index is 453. The molecular formula is C15H21NO4. The maximum absolute atomic E-state index is 12.0. The van der Waals surface area contributed by atoms with Gasteiger partial charge in [-0.15, -0.1) is 0 Å². The van der Waals surface area contributed by atoms with Crippen LogP contribution in [0.1, 0.15) is 20.8 Å². The minimum absolute atomic E-state index is 0.272. The van der Waals surface area contributed by atoms with Crippen molar-refractivity contribution in [2.75, 3.05) is 19.0 Å². The number of anilines is 1. The zero-order valence-electron chi connectivity index (χ0n) is 12.3. The van der Waals surface area contributed by atoms with Crippen LogP contribution >= 0.6 is 0 Å². The van der Waals surface area contributed by atoms with E-state index >= 15 is 0 Å². The molecular weight excluding hydrogens is 258 g/mol. The van der Waals surface area contributed by atoms with Crippen molar-refractivity contribution in [3.05, 3.63) is 24.3 Å². The molecule has 5 heteroatoms. The summed E-state index contributed by atoms with van der Waals surface area (Å²) in [6.07, 6.45) is 0.755. The molecule has 0 unspecified atom stereocenters. The monoisotopic (exact) mass is 279 g/mol. The summed E-state index contributed by atoms with van der Waals surface area (Å²) >= 11 is 0. The first kappa shape index (κ1) is 16.0. The van der Waals surface area contributed by atoms with Gasteiger partial charge in [-0.1, -0.05) is 13.8 Å². The molecule has 1 N–H and O–H groups in total. The van der Waals surface area contributed by atoms with Crippen LogP contribution in [0.15, 0.2) is 24.3 Å². The van der Waals surface area contributed by atoms with Gasteiger partial charge in [-0.25, -0.2) is 4.79 Å². The fourth-order valence-corrected chi connectivity index (χ4v) is 1.70. The average Bonchev–Trinajstić information content (AvgIpc) is 2.45. The second-order valence-electron chi connectivity index (χ2n) is 5.00. The van der Waals surface area contributed by atoms with Gasteiger partial charge < -0.3 is 19.6 Å². The molecule has 0 heterocycles. The standard InChI is InChI=1S/C15H21NO4/c1-5-20-14(18)13(15(2,3)10-17)16-11-6-8-12(19-4)9-7-11/h6-10,13,16H,5H2,1-4H3/t13-/m1/s1. The van der Waals surface area contributed by atoms with E-state index in [2.05, 4.69) is 5.32 Å². The zero-order valence-corrected chi connectivity index (χ0v) is 12.3. The number of aldehydes is 1. The van der Waals surface area contributed by atoms with Crippen LogP contribution in [-0.4, -0.2) is 32.0 Å². The molecule has 1 rings (SSSR count). The van der Waals surface area contributed by atoms with Crippen molar-refractivity contribution >= 4 is 17.9 Å². The van der Waals surface area contributed by atoms with Crippen molar-refractivity contribution < 1.29 is 19.1 Å². The Morgan fingerprint density at radius 1 is 1.35 bits per heavy atom. The molecule has 110 valence electrons. The Morgan fingerprint density at radius 3 is 2.40 bits per heavy atom. The highest BCUT2D eigenvalue weighted by molar-refractivity contribution is 5.85. The van der Waals surface area contributed by atoms with Crippen LogP contribution in [0.5, 0.6) is 5.75 Å². The number of esters is 1. The summed E-state index contributed by atoms with van der Waals surface area (Å²) in [6, 6.07) is 6.38. The number of hydrogen-bond acceptors (Lipinski definition) is 5. The number of methoxy groups -OCH3 is 1. The van der Waals surface area contributed by atoms with Gasteiger partial charge in [0.2, 0.25) is 0 Å². The minimum atomic E-state index is -0.869. The zero-order chi connectivity index (χ0) is 15.2. The van der Waals surface area contributed by atoms with Gasteiger partial charge in [0.25, 0.3) is 0 Å². The molecule has 0 aliphatic rings. The molecule has 0 aromatic heterocycles. The number of carbonyl (C=O) groups excluding carboxylic acids is 2. The van der Waals surface area contributed by atoms with Crippen LogP contribution in [-0.2, 0) is 14.3 Å². The largest absolute Gasteiger partial charge is 0.497 e. The Labute approximate surface area is 119 Å². The number of nitrogens with one attached hydrogen (secondary N) is 1. The summed E-state index contributed by atoms with van der Waals surface area (Å²) in [7, 11) is 1.58. The quantitative estimate of drug-likeness (QED) is 0.612. The molecule has 0 fully saturated rings. The lowest BCUT2D eigenvalue weighted by molar-refractivity contribution is -0.148. The predicted molar refractivity (Wildman–Crippen MR) is 76.9 cm³/mol. The number of ether oxygens (including phenoxy) is 2. The number of carbonyl (C=O) groups is 2. The van der Waals surface area contributed by atoms with Gasteiger partial charge in [-0.05, 0) is 31.2 Å². The highest BCUT2D eigenvalue weighted by Gasteiger charge is 2.36. The first-order valence-electron chi connectivity index (χ1n) is 6.48. The topological polar surface area (TPSA) is 64.6 Å². The third-order valence-electron chi connectivity index (χ3n) is 2.97. The molecule has 0 spiro atoms. The maximum atomic E-state index is 12.0. The third kappa shape index (κ3) is 3.98. The fraction of sp³-hybridized carbons (Fsp3) is 0.467. The summed E-state index contributed by atoms with van der Waals surface area (Å²) in [6.45, 7) is 5.39. The second-order valence-corrected chi connectivity index (χ2v) is 5.00.